The second-order valence-corrected chi connectivity index (χ2v) is 5.50. The number of amides is 1. The quantitative estimate of drug-likeness (QED) is 0.631. The molecule has 2 N–H and O–H groups in total. The van der Waals surface area contributed by atoms with Crippen LogP contribution < -0.4 is 4.72 Å². The Morgan fingerprint density at radius 1 is 1.29 bits per heavy atom. The van der Waals surface area contributed by atoms with Crippen molar-refractivity contribution in [1.82, 2.24) is 9.62 Å². The molecule has 0 radical (unpaired) electrons. The van der Waals surface area contributed by atoms with Gasteiger partial charge in [-0.1, -0.05) is 0 Å². The SMILES string of the molecule is CCN(CC)C(=O)CNS(=O)(=O)C(C)C(=O)O. The summed E-state index contributed by atoms with van der Waals surface area (Å²) in [5.41, 5.74) is 0. The summed E-state index contributed by atoms with van der Waals surface area (Å²) in [5, 5.41) is 6.99. The van der Waals surface area contributed by atoms with Gasteiger partial charge in [0.2, 0.25) is 15.9 Å². The maximum absolute atomic E-state index is 11.5. The summed E-state index contributed by atoms with van der Waals surface area (Å²) >= 11 is 0. The Kier molecular flexibility index (Phi) is 6.11. The molecule has 0 saturated carbocycles. The molecule has 1 unspecified atom stereocenters. The molecule has 1 amide bonds. The van der Waals surface area contributed by atoms with Gasteiger partial charge in [0.05, 0.1) is 6.54 Å². The zero-order valence-corrected chi connectivity index (χ0v) is 11.0. The molecule has 0 rings (SSSR count). The number of rotatable bonds is 7. The van der Waals surface area contributed by atoms with Crippen molar-refractivity contribution in [2.45, 2.75) is 26.0 Å². The summed E-state index contributed by atoms with van der Waals surface area (Å²) in [6.45, 7) is 5.14. The van der Waals surface area contributed by atoms with E-state index in [1.807, 2.05) is 4.72 Å². The van der Waals surface area contributed by atoms with Crippen LogP contribution in [0.5, 0.6) is 0 Å². The van der Waals surface area contributed by atoms with E-state index in [4.69, 9.17) is 5.11 Å². The summed E-state index contributed by atoms with van der Waals surface area (Å²) in [6, 6.07) is 0. The smallest absolute Gasteiger partial charge is 0.323 e. The van der Waals surface area contributed by atoms with Crippen LogP contribution >= 0.6 is 0 Å². The van der Waals surface area contributed by atoms with Crippen molar-refractivity contribution in [3.8, 4) is 0 Å². The summed E-state index contributed by atoms with van der Waals surface area (Å²) in [7, 11) is -4.00. The zero-order valence-electron chi connectivity index (χ0n) is 10.1. The lowest BCUT2D eigenvalue weighted by Crippen LogP contribution is -2.44. The molecule has 0 aliphatic carbocycles. The van der Waals surface area contributed by atoms with Crippen molar-refractivity contribution in [2.24, 2.45) is 0 Å². The van der Waals surface area contributed by atoms with E-state index in [2.05, 4.69) is 0 Å². The first kappa shape index (κ1) is 15.9. The lowest BCUT2D eigenvalue weighted by atomic mass is 10.4. The van der Waals surface area contributed by atoms with E-state index in [1.165, 1.54) is 4.90 Å². The minimum absolute atomic E-state index is 0.379. The summed E-state index contributed by atoms with van der Waals surface area (Å²) < 4.78 is 24.8. The van der Waals surface area contributed by atoms with Crippen molar-refractivity contribution in [3.05, 3.63) is 0 Å². The van der Waals surface area contributed by atoms with Crippen LogP contribution in [0.25, 0.3) is 0 Å². The number of carbonyl (C=O) groups is 2. The third-order valence-corrected chi connectivity index (χ3v) is 4.03. The number of hydrogen-bond acceptors (Lipinski definition) is 4. The molecule has 0 heterocycles. The van der Waals surface area contributed by atoms with Crippen LogP contribution in [0.4, 0.5) is 0 Å². The summed E-state index contributed by atoms with van der Waals surface area (Å²) in [5.74, 6) is -1.83. The van der Waals surface area contributed by atoms with Crippen LogP contribution in [-0.2, 0) is 19.6 Å². The molecule has 0 aliphatic rings. The van der Waals surface area contributed by atoms with Crippen molar-refractivity contribution < 1.29 is 23.1 Å². The number of likely N-dealkylation sites (N-methyl/N-ethyl adjacent to an activating group) is 1. The Labute approximate surface area is 101 Å². The molecule has 0 bridgehead atoms. The van der Waals surface area contributed by atoms with Gasteiger partial charge in [0.15, 0.2) is 5.25 Å². The van der Waals surface area contributed by atoms with E-state index in [0.29, 0.717) is 13.1 Å². The molecule has 0 aromatic heterocycles. The first-order chi connectivity index (χ1) is 7.76. The molecular weight excluding hydrogens is 248 g/mol. The lowest BCUT2D eigenvalue weighted by molar-refractivity contribution is -0.136. The van der Waals surface area contributed by atoms with E-state index in [1.54, 1.807) is 13.8 Å². The predicted octanol–water partition coefficient (Wildman–Crippen LogP) is -0.753. The molecule has 0 aromatic rings. The number of nitrogens with one attached hydrogen (secondary N) is 1. The van der Waals surface area contributed by atoms with Gasteiger partial charge in [-0.05, 0) is 20.8 Å². The third kappa shape index (κ3) is 4.70. The molecule has 0 aromatic carbocycles. The topological polar surface area (TPSA) is 104 Å². The molecule has 0 aliphatic heterocycles. The maximum atomic E-state index is 11.5. The Balaban J connectivity index is 4.47. The average Bonchev–Trinajstić information content (AvgIpc) is 2.27. The predicted molar refractivity (Wildman–Crippen MR) is 61.9 cm³/mol. The van der Waals surface area contributed by atoms with Gasteiger partial charge in [-0.3, -0.25) is 9.59 Å². The number of sulfonamides is 1. The fraction of sp³-hybridized carbons (Fsp3) is 0.778. The molecule has 8 heteroatoms. The van der Waals surface area contributed by atoms with Crippen LogP contribution in [0.1, 0.15) is 20.8 Å². The highest BCUT2D eigenvalue weighted by Gasteiger charge is 2.28. The van der Waals surface area contributed by atoms with Crippen molar-refractivity contribution in [2.75, 3.05) is 19.6 Å². The Bertz CT molecular complexity index is 375. The molecular formula is C9H18N2O5S. The number of hydrogen-bond donors (Lipinski definition) is 2. The summed E-state index contributed by atoms with van der Waals surface area (Å²) in [6.07, 6.45) is 0. The van der Waals surface area contributed by atoms with E-state index in [-0.39, 0.29) is 5.91 Å². The zero-order chi connectivity index (χ0) is 13.6. The largest absolute Gasteiger partial charge is 0.480 e. The number of nitrogens with zero attached hydrogens (tertiary/aromatic N) is 1. The minimum Gasteiger partial charge on any atom is -0.480 e. The Morgan fingerprint density at radius 3 is 2.12 bits per heavy atom. The Hall–Kier alpha value is -1.15. The van der Waals surface area contributed by atoms with Gasteiger partial charge in [0.25, 0.3) is 0 Å². The van der Waals surface area contributed by atoms with Crippen molar-refractivity contribution in [1.29, 1.82) is 0 Å². The fourth-order valence-corrected chi connectivity index (χ4v) is 1.95. The molecule has 100 valence electrons. The van der Waals surface area contributed by atoms with E-state index in [9.17, 15) is 18.0 Å². The van der Waals surface area contributed by atoms with Gasteiger partial charge in [0.1, 0.15) is 0 Å². The van der Waals surface area contributed by atoms with Gasteiger partial charge < -0.3 is 10.0 Å². The monoisotopic (exact) mass is 266 g/mol. The first-order valence-electron chi connectivity index (χ1n) is 5.25. The average molecular weight is 266 g/mol. The fourth-order valence-electron chi connectivity index (χ4n) is 1.11. The minimum atomic E-state index is -4.00. The van der Waals surface area contributed by atoms with E-state index in [0.717, 1.165) is 6.92 Å². The highest BCUT2D eigenvalue weighted by molar-refractivity contribution is 7.90. The van der Waals surface area contributed by atoms with E-state index < -0.39 is 27.8 Å². The van der Waals surface area contributed by atoms with E-state index >= 15 is 0 Å². The second kappa shape index (κ2) is 6.55. The lowest BCUT2D eigenvalue weighted by Gasteiger charge is -2.19. The van der Waals surface area contributed by atoms with Crippen LogP contribution in [0.3, 0.4) is 0 Å². The van der Waals surface area contributed by atoms with Gasteiger partial charge in [-0.2, -0.15) is 0 Å². The van der Waals surface area contributed by atoms with Gasteiger partial charge >= 0.3 is 5.97 Å². The molecule has 1 atom stereocenters. The van der Waals surface area contributed by atoms with Crippen molar-refractivity contribution in [3.63, 3.8) is 0 Å². The van der Waals surface area contributed by atoms with Gasteiger partial charge in [-0.25, -0.2) is 13.1 Å². The Morgan fingerprint density at radius 2 is 1.76 bits per heavy atom. The van der Waals surface area contributed by atoms with Crippen LogP contribution in [0.15, 0.2) is 0 Å². The van der Waals surface area contributed by atoms with Crippen LogP contribution in [-0.4, -0.2) is 55.2 Å². The van der Waals surface area contributed by atoms with Gasteiger partial charge in [-0.15, -0.1) is 0 Å². The highest BCUT2D eigenvalue weighted by Crippen LogP contribution is 1.98. The number of carboxylic acids is 1. The number of carbonyl (C=O) groups excluding carboxylic acids is 1. The standard InChI is InChI=1S/C9H18N2O5S/c1-4-11(5-2)8(12)6-10-17(15,16)7(3)9(13)14/h7,10H,4-6H2,1-3H3,(H,13,14). The number of carboxylic acid groups (broad SMARTS) is 1. The van der Waals surface area contributed by atoms with Gasteiger partial charge in [0, 0.05) is 13.1 Å². The molecule has 7 nitrogen and oxygen atoms in total. The first-order valence-corrected chi connectivity index (χ1v) is 6.79. The number of aliphatic carboxylic acids is 1. The normalized spacial score (nSPS) is 13.1. The summed E-state index contributed by atoms with van der Waals surface area (Å²) in [4.78, 5) is 23.5. The molecule has 0 fully saturated rings. The van der Waals surface area contributed by atoms with Crippen molar-refractivity contribution >= 4 is 21.9 Å². The second-order valence-electron chi connectivity index (χ2n) is 3.41. The van der Waals surface area contributed by atoms with Crippen LogP contribution in [0, 0.1) is 0 Å². The third-order valence-electron chi connectivity index (χ3n) is 2.35. The highest BCUT2D eigenvalue weighted by atomic mass is 32.2. The van der Waals surface area contributed by atoms with Crippen LogP contribution in [0.2, 0.25) is 0 Å². The maximum Gasteiger partial charge on any atom is 0.323 e. The molecule has 0 saturated heterocycles. The molecule has 17 heavy (non-hydrogen) atoms. The molecule has 0 spiro atoms.